The quantitative estimate of drug-likeness (QED) is 0.780. The number of nitrogens with one attached hydrogen (secondary N) is 1. The van der Waals surface area contributed by atoms with Gasteiger partial charge in [-0.1, -0.05) is 0 Å². The molecule has 62 valence electrons. The third-order valence-corrected chi connectivity index (χ3v) is 2.61. The van der Waals surface area contributed by atoms with Gasteiger partial charge in [0.25, 0.3) is 0 Å². The number of anilines is 1. The second kappa shape index (κ2) is 4.50. The van der Waals surface area contributed by atoms with Gasteiger partial charge in [0.15, 0.2) is 0 Å². The first-order chi connectivity index (χ1) is 5.72. The summed E-state index contributed by atoms with van der Waals surface area (Å²) in [5.74, 6) is 0.0651. The Morgan fingerprint density at radius 2 is 2.00 bits per heavy atom. The normalized spacial score (nSPS) is 9.50. The molecule has 1 rings (SSSR count). The van der Waals surface area contributed by atoms with Crippen molar-refractivity contribution in [2.24, 2.45) is 0 Å². The molecular weight excluding hydrogens is 257 g/mol. The SMILES string of the molecule is CCC(=O)Nc1cc[c]([SnH])cc1. The van der Waals surface area contributed by atoms with Crippen LogP contribution in [0.15, 0.2) is 24.3 Å². The van der Waals surface area contributed by atoms with Gasteiger partial charge < -0.3 is 0 Å². The average Bonchev–Trinajstić information content (AvgIpc) is 2.09. The van der Waals surface area contributed by atoms with Crippen LogP contribution >= 0.6 is 0 Å². The van der Waals surface area contributed by atoms with Crippen LogP contribution in [0.4, 0.5) is 5.69 Å². The van der Waals surface area contributed by atoms with Crippen molar-refractivity contribution in [3.05, 3.63) is 24.3 Å². The van der Waals surface area contributed by atoms with Crippen molar-refractivity contribution in [1.29, 1.82) is 0 Å². The van der Waals surface area contributed by atoms with Crippen LogP contribution < -0.4 is 8.90 Å². The molecule has 2 nitrogen and oxygen atoms in total. The van der Waals surface area contributed by atoms with E-state index in [2.05, 4.69) is 5.32 Å². The number of hydrogen-bond acceptors (Lipinski definition) is 1. The molecule has 0 atom stereocenters. The second-order valence-corrected chi connectivity index (χ2v) is 4.43. The third-order valence-electron chi connectivity index (χ3n) is 1.52. The molecule has 0 aromatic heterocycles. The first-order valence-corrected chi connectivity index (χ1v) is 5.52. The molecule has 1 N–H and O–H groups in total. The van der Waals surface area contributed by atoms with Crippen LogP contribution in [0.25, 0.3) is 0 Å². The summed E-state index contributed by atoms with van der Waals surface area (Å²) in [4.78, 5) is 11.0. The molecule has 12 heavy (non-hydrogen) atoms. The molecular formula is C9H11NOSn. The van der Waals surface area contributed by atoms with Crippen LogP contribution in [0.2, 0.25) is 0 Å². The average molecular weight is 268 g/mol. The van der Waals surface area contributed by atoms with Crippen molar-refractivity contribution in [2.75, 3.05) is 5.32 Å². The zero-order valence-corrected chi connectivity index (χ0v) is 10.3. The Hall–Kier alpha value is -0.511. The van der Waals surface area contributed by atoms with Crippen LogP contribution in [-0.4, -0.2) is 28.4 Å². The van der Waals surface area contributed by atoms with Crippen molar-refractivity contribution in [1.82, 2.24) is 0 Å². The Labute approximate surface area is 85.4 Å². The fraction of sp³-hybridized carbons (Fsp3) is 0.222. The Balaban J connectivity index is 2.64. The van der Waals surface area contributed by atoms with E-state index < -0.39 is 0 Å². The van der Waals surface area contributed by atoms with Gasteiger partial charge >= 0.3 is 85.4 Å². The monoisotopic (exact) mass is 269 g/mol. The topological polar surface area (TPSA) is 29.1 Å². The maximum absolute atomic E-state index is 11.0. The van der Waals surface area contributed by atoms with Crippen molar-refractivity contribution in [2.45, 2.75) is 13.3 Å². The molecule has 0 saturated carbocycles. The molecule has 0 unspecified atom stereocenters. The molecule has 2 radical (unpaired) electrons. The van der Waals surface area contributed by atoms with E-state index in [9.17, 15) is 4.79 Å². The molecule has 1 amide bonds. The van der Waals surface area contributed by atoms with Gasteiger partial charge in [0, 0.05) is 0 Å². The summed E-state index contributed by atoms with van der Waals surface area (Å²) in [5, 5.41) is 2.79. The predicted molar refractivity (Wildman–Crippen MR) is 52.1 cm³/mol. The molecule has 3 heteroatoms. The number of benzene rings is 1. The summed E-state index contributed by atoms with van der Waals surface area (Å²) in [5.41, 5.74) is 0.889. The van der Waals surface area contributed by atoms with Gasteiger partial charge in [-0.15, -0.1) is 0 Å². The molecule has 0 aliphatic heterocycles. The van der Waals surface area contributed by atoms with Crippen LogP contribution in [0, 0.1) is 0 Å². The Bertz CT molecular complexity index is 268. The minimum atomic E-state index is 0.0651. The van der Waals surface area contributed by atoms with E-state index in [0.29, 0.717) is 6.42 Å². The van der Waals surface area contributed by atoms with E-state index in [4.69, 9.17) is 0 Å². The molecule has 0 heterocycles. The first kappa shape index (κ1) is 9.58. The van der Waals surface area contributed by atoms with Gasteiger partial charge in [0.1, 0.15) is 0 Å². The Morgan fingerprint density at radius 1 is 1.42 bits per heavy atom. The molecule has 0 aliphatic rings. The third kappa shape index (κ3) is 2.85. The fourth-order valence-corrected chi connectivity index (χ4v) is 1.37. The minimum absolute atomic E-state index is 0.0651. The molecule has 0 aliphatic carbocycles. The van der Waals surface area contributed by atoms with Gasteiger partial charge in [-0.05, 0) is 0 Å². The summed E-state index contributed by atoms with van der Waals surface area (Å²) < 4.78 is 1.33. The van der Waals surface area contributed by atoms with E-state index in [1.54, 1.807) is 0 Å². The second-order valence-electron chi connectivity index (χ2n) is 2.52. The van der Waals surface area contributed by atoms with Crippen molar-refractivity contribution < 1.29 is 4.79 Å². The van der Waals surface area contributed by atoms with Gasteiger partial charge in [0.2, 0.25) is 0 Å². The summed E-state index contributed by atoms with van der Waals surface area (Å²) in [6.45, 7) is 1.84. The molecule has 0 fully saturated rings. The maximum atomic E-state index is 11.0. The summed E-state index contributed by atoms with van der Waals surface area (Å²) in [6.07, 6.45) is 0.530. The zero-order valence-electron chi connectivity index (χ0n) is 7.00. The first-order valence-electron chi connectivity index (χ1n) is 3.87. The molecule has 0 spiro atoms. The van der Waals surface area contributed by atoms with E-state index in [1.807, 2.05) is 31.2 Å². The van der Waals surface area contributed by atoms with Gasteiger partial charge in [-0.2, -0.15) is 0 Å². The van der Waals surface area contributed by atoms with Crippen LogP contribution in [-0.2, 0) is 4.79 Å². The summed E-state index contributed by atoms with van der Waals surface area (Å²) in [6, 6.07) is 7.95. The van der Waals surface area contributed by atoms with Crippen molar-refractivity contribution in [3.8, 4) is 0 Å². The molecule has 0 saturated heterocycles. The number of hydrogen-bond donors (Lipinski definition) is 1. The van der Waals surface area contributed by atoms with Crippen LogP contribution in [0.3, 0.4) is 0 Å². The Morgan fingerprint density at radius 3 is 2.50 bits per heavy atom. The number of rotatable bonds is 2. The van der Waals surface area contributed by atoms with Gasteiger partial charge in [-0.3, -0.25) is 0 Å². The van der Waals surface area contributed by atoms with Crippen molar-refractivity contribution >= 4 is 37.7 Å². The van der Waals surface area contributed by atoms with Gasteiger partial charge in [-0.25, -0.2) is 0 Å². The molecule has 0 bridgehead atoms. The van der Waals surface area contributed by atoms with E-state index in [1.165, 1.54) is 3.58 Å². The standard InChI is InChI=1S/C9H10NO.Sn.H/c1-2-9(11)10-8-6-4-3-5-7-8;;/h4-7H,2H2,1H3,(H,10,11);;. The van der Waals surface area contributed by atoms with E-state index >= 15 is 0 Å². The van der Waals surface area contributed by atoms with Crippen LogP contribution in [0.1, 0.15) is 13.3 Å². The Kier molecular flexibility index (Phi) is 3.59. The van der Waals surface area contributed by atoms with E-state index in [-0.39, 0.29) is 5.91 Å². The molecule has 1 aromatic rings. The predicted octanol–water partition coefficient (Wildman–Crippen LogP) is 0.561. The number of carbonyl (C=O) groups excluding carboxylic acids is 1. The van der Waals surface area contributed by atoms with Crippen LogP contribution in [0.5, 0.6) is 0 Å². The van der Waals surface area contributed by atoms with E-state index in [0.717, 1.165) is 28.2 Å². The number of carbonyl (C=O) groups is 1. The summed E-state index contributed by atoms with van der Waals surface area (Å²) in [7, 11) is 0. The number of amides is 1. The summed E-state index contributed by atoms with van der Waals surface area (Å²) >= 11 is 1.12. The van der Waals surface area contributed by atoms with Crippen molar-refractivity contribution in [3.63, 3.8) is 0 Å². The molecule has 1 aromatic carbocycles. The fourth-order valence-electron chi connectivity index (χ4n) is 0.816. The van der Waals surface area contributed by atoms with Gasteiger partial charge in [0.05, 0.1) is 0 Å². The zero-order chi connectivity index (χ0) is 8.97.